The van der Waals surface area contributed by atoms with E-state index in [1.54, 1.807) is 0 Å². The smallest absolute Gasteiger partial charge is 0.0356 e. The molecule has 3 aliphatic heterocycles. The number of hydrogen-bond acceptors (Lipinski definition) is 2. The number of rotatable bonds is 4. The third kappa shape index (κ3) is 2.83. The Morgan fingerprint density at radius 2 is 2.16 bits per heavy atom. The van der Waals surface area contributed by atoms with Crippen LogP contribution in [0.4, 0.5) is 0 Å². The van der Waals surface area contributed by atoms with Crippen molar-refractivity contribution >= 4 is 0 Å². The molecule has 2 heteroatoms. The van der Waals surface area contributed by atoms with Gasteiger partial charge in [-0.25, -0.2) is 0 Å². The Morgan fingerprint density at radius 3 is 2.84 bits per heavy atom. The second-order valence-electron chi connectivity index (χ2n) is 5.82. The van der Waals surface area contributed by atoms with Gasteiger partial charge in [0.25, 0.3) is 0 Å². The summed E-state index contributed by atoms with van der Waals surface area (Å²) in [6.45, 7) is 4.40. The topological polar surface area (TPSA) is 15.3 Å². The summed E-state index contributed by atoms with van der Waals surface area (Å²) >= 11 is 0. The van der Waals surface area contributed by atoms with Gasteiger partial charge in [0.1, 0.15) is 0 Å². The van der Waals surface area contributed by atoms with Gasteiger partial charge < -0.3 is 5.32 Å². The van der Waals surface area contributed by atoms with Gasteiger partial charge in [-0.05, 0) is 30.9 Å². The number of terminal acetylenes is 1. The highest BCUT2D eigenvalue weighted by atomic mass is 15.2. The van der Waals surface area contributed by atoms with Gasteiger partial charge >= 0.3 is 0 Å². The molecule has 3 saturated heterocycles. The van der Waals surface area contributed by atoms with Crippen LogP contribution in [0.25, 0.3) is 0 Å². The van der Waals surface area contributed by atoms with Crippen molar-refractivity contribution in [2.75, 3.05) is 19.6 Å². The molecule has 3 heterocycles. The zero-order chi connectivity index (χ0) is 13.1. The average Bonchev–Trinajstić information content (AvgIpc) is 2.49. The second kappa shape index (κ2) is 5.77. The van der Waals surface area contributed by atoms with E-state index in [2.05, 4.69) is 46.5 Å². The molecular formula is C17H22N2. The van der Waals surface area contributed by atoms with E-state index in [0.717, 1.165) is 25.6 Å². The summed E-state index contributed by atoms with van der Waals surface area (Å²) in [7, 11) is 0. The van der Waals surface area contributed by atoms with Gasteiger partial charge in [0, 0.05) is 31.6 Å². The summed E-state index contributed by atoms with van der Waals surface area (Å²) in [4.78, 5) is 2.59. The standard InChI is InChI=1S/C17H22N2/c1-2-15-13-19-9-8-16(15)10-17(19)12-18-11-14-6-4-3-5-7-14/h1,3-7,15-18H,8-13H2/t15-,16-,17+/m0/s1. The molecule has 3 fully saturated rings. The van der Waals surface area contributed by atoms with Crippen LogP contribution in [0.15, 0.2) is 30.3 Å². The third-order valence-corrected chi connectivity index (χ3v) is 4.64. The monoisotopic (exact) mass is 254 g/mol. The van der Waals surface area contributed by atoms with Crippen LogP contribution in [0.1, 0.15) is 18.4 Å². The van der Waals surface area contributed by atoms with Crippen LogP contribution in [0.2, 0.25) is 0 Å². The molecule has 0 aliphatic carbocycles. The Hall–Kier alpha value is -1.30. The third-order valence-electron chi connectivity index (χ3n) is 4.64. The maximum absolute atomic E-state index is 5.62. The van der Waals surface area contributed by atoms with E-state index in [1.165, 1.54) is 24.9 Å². The number of nitrogens with one attached hydrogen (secondary N) is 1. The molecule has 100 valence electrons. The van der Waals surface area contributed by atoms with E-state index in [4.69, 9.17) is 6.42 Å². The second-order valence-corrected chi connectivity index (χ2v) is 5.82. The first kappa shape index (κ1) is 12.7. The molecule has 4 atom stereocenters. The van der Waals surface area contributed by atoms with Crippen molar-refractivity contribution < 1.29 is 0 Å². The minimum Gasteiger partial charge on any atom is -0.311 e. The van der Waals surface area contributed by atoms with Crippen molar-refractivity contribution in [3.63, 3.8) is 0 Å². The number of nitrogens with zero attached hydrogens (tertiary/aromatic N) is 1. The lowest BCUT2D eigenvalue weighted by Gasteiger charge is -2.48. The first-order valence-electron chi connectivity index (χ1n) is 7.31. The average molecular weight is 254 g/mol. The predicted octanol–water partition coefficient (Wildman–Crippen LogP) is 2.12. The van der Waals surface area contributed by atoms with Gasteiger partial charge in [-0.2, -0.15) is 0 Å². The van der Waals surface area contributed by atoms with Gasteiger partial charge in [0.2, 0.25) is 0 Å². The molecule has 1 aromatic rings. The molecule has 0 radical (unpaired) electrons. The Balaban J connectivity index is 1.49. The maximum Gasteiger partial charge on any atom is 0.0356 e. The van der Waals surface area contributed by atoms with Crippen molar-refractivity contribution in [1.82, 2.24) is 10.2 Å². The first-order valence-corrected chi connectivity index (χ1v) is 7.31. The minimum atomic E-state index is 0.499. The van der Waals surface area contributed by atoms with Crippen LogP contribution in [0.3, 0.4) is 0 Å². The number of hydrogen-bond donors (Lipinski definition) is 1. The summed E-state index contributed by atoms with van der Waals surface area (Å²) in [5, 5.41) is 3.60. The summed E-state index contributed by atoms with van der Waals surface area (Å²) in [5.41, 5.74) is 1.36. The molecule has 0 amide bonds. The largest absolute Gasteiger partial charge is 0.311 e. The summed E-state index contributed by atoms with van der Waals surface area (Å²) in [6, 6.07) is 11.3. The normalized spacial score (nSPS) is 33.0. The van der Waals surface area contributed by atoms with Crippen LogP contribution < -0.4 is 5.32 Å². The molecule has 0 spiro atoms. The lowest BCUT2D eigenvalue weighted by Crippen LogP contribution is -2.55. The van der Waals surface area contributed by atoms with Gasteiger partial charge in [0.15, 0.2) is 0 Å². The molecule has 0 aromatic heterocycles. The lowest BCUT2D eigenvalue weighted by molar-refractivity contribution is 0.0227. The van der Waals surface area contributed by atoms with E-state index in [-0.39, 0.29) is 0 Å². The fourth-order valence-electron chi connectivity index (χ4n) is 3.52. The Labute approximate surface area is 116 Å². The summed E-state index contributed by atoms with van der Waals surface area (Å²) in [5.74, 6) is 4.24. The van der Waals surface area contributed by atoms with Crippen molar-refractivity contribution in [1.29, 1.82) is 0 Å². The minimum absolute atomic E-state index is 0.499. The molecule has 2 bridgehead atoms. The molecule has 4 rings (SSSR count). The predicted molar refractivity (Wildman–Crippen MR) is 78.6 cm³/mol. The van der Waals surface area contributed by atoms with E-state index in [0.29, 0.717) is 12.0 Å². The number of fused-ring (bicyclic) bond motifs is 3. The molecule has 0 saturated carbocycles. The van der Waals surface area contributed by atoms with Crippen molar-refractivity contribution in [2.45, 2.75) is 25.4 Å². The lowest BCUT2D eigenvalue weighted by atomic mass is 9.76. The Kier molecular flexibility index (Phi) is 3.87. The highest BCUT2D eigenvalue weighted by Crippen LogP contribution is 2.35. The quantitative estimate of drug-likeness (QED) is 0.828. The first-order chi connectivity index (χ1) is 9.36. The molecule has 2 nitrogen and oxygen atoms in total. The molecule has 1 unspecified atom stereocenters. The Morgan fingerprint density at radius 1 is 1.32 bits per heavy atom. The van der Waals surface area contributed by atoms with Crippen LogP contribution in [0.5, 0.6) is 0 Å². The fraction of sp³-hybridized carbons (Fsp3) is 0.529. The van der Waals surface area contributed by atoms with Crippen LogP contribution in [0, 0.1) is 24.2 Å². The molecule has 1 N–H and O–H groups in total. The number of benzene rings is 1. The van der Waals surface area contributed by atoms with E-state index >= 15 is 0 Å². The van der Waals surface area contributed by atoms with Crippen molar-refractivity contribution in [3.05, 3.63) is 35.9 Å². The summed E-state index contributed by atoms with van der Waals surface area (Å²) in [6.07, 6.45) is 8.19. The van der Waals surface area contributed by atoms with Gasteiger partial charge in [-0.3, -0.25) is 4.90 Å². The molecule has 3 aliphatic rings. The fourth-order valence-corrected chi connectivity index (χ4v) is 3.52. The van der Waals surface area contributed by atoms with E-state index in [1.807, 2.05) is 0 Å². The van der Waals surface area contributed by atoms with Crippen LogP contribution >= 0.6 is 0 Å². The zero-order valence-corrected chi connectivity index (χ0v) is 11.4. The molecular weight excluding hydrogens is 232 g/mol. The zero-order valence-electron chi connectivity index (χ0n) is 11.4. The van der Waals surface area contributed by atoms with Crippen molar-refractivity contribution in [3.8, 4) is 12.3 Å². The Bertz CT molecular complexity index is 448. The van der Waals surface area contributed by atoms with Crippen LogP contribution in [-0.4, -0.2) is 30.6 Å². The van der Waals surface area contributed by atoms with Gasteiger partial charge in [0.05, 0.1) is 0 Å². The van der Waals surface area contributed by atoms with Gasteiger partial charge in [-0.15, -0.1) is 12.3 Å². The number of piperidine rings is 3. The SMILES string of the molecule is C#C[C@H]1CN2CC[C@H]1C[C@@H]2CNCc1ccccc1. The highest BCUT2D eigenvalue weighted by Gasteiger charge is 2.38. The van der Waals surface area contributed by atoms with E-state index < -0.39 is 0 Å². The molecule has 19 heavy (non-hydrogen) atoms. The molecule has 1 aromatic carbocycles. The summed E-state index contributed by atoms with van der Waals surface area (Å²) < 4.78 is 0. The maximum atomic E-state index is 5.62. The van der Waals surface area contributed by atoms with E-state index in [9.17, 15) is 0 Å². The highest BCUT2D eigenvalue weighted by molar-refractivity contribution is 5.14. The van der Waals surface area contributed by atoms with Crippen molar-refractivity contribution in [2.24, 2.45) is 11.8 Å². The van der Waals surface area contributed by atoms with Gasteiger partial charge in [-0.1, -0.05) is 30.3 Å². The van der Waals surface area contributed by atoms with Crippen LogP contribution in [-0.2, 0) is 6.54 Å².